The summed E-state index contributed by atoms with van der Waals surface area (Å²) in [5, 5.41) is 0. The van der Waals surface area contributed by atoms with Crippen molar-refractivity contribution >= 4 is 5.90 Å². The second-order valence-electron chi connectivity index (χ2n) is 3.97. The summed E-state index contributed by atoms with van der Waals surface area (Å²) < 4.78 is 5.52. The van der Waals surface area contributed by atoms with E-state index in [2.05, 4.69) is 18.8 Å². The Bertz CT molecular complexity index is 192. The smallest absolute Gasteiger partial charge is 0.186 e. The van der Waals surface area contributed by atoms with Crippen molar-refractivity contribution in [1.82, 2.24) is 0 Å². The molecule has 1 heterocycles. The molecule has 1 aliphatic heterocycles. The monoisotopic (exact) mass is 153 g/mol. The standard InChI is InChI=1S/C9H15NO/c1-7(2)8-10-9(6-11-8)4-3-5-9/h7H,3-6H2,1-2H3. The van der Waals surface area contributed by atoms with E-state index in [-0.39, 0.29) is 5.54 Å². The maximum atomic E-state index is 5.52. The molecule has 0 amide bonds. The molecule has 0 saturated heterocycles. The zero-order valence-corrected chi connectivity index (χ0v) is 7.26. The lowest BCUT2D eigenvalue weighted by Gasteiger charge is -2.32. The van der Waals surface area contributed by atoms with E-state index in [0.29, 0.717) is 5.92 Å². The fourth-order valence-corrected chi connectivity index (χ4v) is 1.64. The topological polar surface area (TPSA) is 21.6 Å². The molecule has 0 radical (unpaired) electrons. The Balaban J connectivity index is 2.09. The molecule has 62 valence electrons. The van der Waals surface area contributed by atoms with E-state index < -0.39 is 0 Å². The van der Waals surface area contributed by atoms with Crippen LogP contribution < -0.4 is 0 Å². The molecular weight excluding hydrogens is 138 g/mol. The summed E-state index contributed by atoms with van der Waals surface area (Å²) in [5.41, 5.74) is 0.236. The Morgan fingerprint density at radius 1 is 1.45 bits per heavy atom. The second-order valence-corrected chi connectivity index (χ2v) is 3.97. The summed E-state index contributed by atoms with van der Waals surface area (Å²) in [6.45, 7) is 5.12. The van der Waals surface area contributed by atoms with Crippen molar-refractivity contribution in [2.45, 2.75) is 38.6 Å². The Labute approximate surface area is 67.7 Å². The highest BCUT2D eigenvalue weighted by Crippen LogP contribution is 2.39. The fraction of sp³-hybridized carbons (Fsp3) is 0.889. The lowest BCUT2D eigenvalue weighted by Crippen LogP contribution is -2.36. The molecule has 0 bridgehead atoms. The van der Waals surface area contributed by atoms with Gasteiger partial charge < -0.3 is 4.74 Å². The molecule has 2 aliphatic rings. The molecule has 0 aromatic rings. The first-order valence-electron chi connectivity index (χ1n) is 4.44. The summed E-state index contributed by atoms with van der Waals surface area (Å²) in [4.78, 5) is 4.62. The maximum Gasteiger partial charge on any atom is 0.186 e. The second kappa shape index (κ2) is 2.23. The number of rotatable bonds is 1. The highest BCUT2D eigenvalue weighted by Gasteiger charge is 2.42. The van der Waals surface area contributed by atoms with Gasteiger partial charge in [0.05, 0.1) is 5.54 Å². The van der Waals surface area contributed by atoms with Gasteiger partial charge in [-0.25, -0.2) is 4.99 Å². The number of hydrogen-bond donors (Lipinski definition) is 0. The number of aliphatic imine (C=N–C) groups is 1. The number of nitrogens with zero attached hydrogens (tertiary/aromatic N) is 1. The lowest BCUT2D eigenvalue weighted by molar-refractivity contribution is 0.172. The van der Waals surface area contributed by atoms with Crippen LogP contribution in [0.2, 0.25) is 0 Å². The summed E-state index contributed by atoms with van der Waals surface area (Å²) in [6.07, 6.45) is 3.81. The molecule has 0 unspecified atom stereocenters. The molecule has 1 saturated carbocycles. The minimum atomic E-state index is 0.236. The van der Waals surface area contributed by atoms with Crippen molar-refractivity contribution in [1.29, 1.82) is 0 Å². The van der Waals surface area contributed by atoms with Crippen molar-refractivity contribution < 1.29 is 4.74 Å². The van der Waals surface area contributed by atoms with Crippen LogP contribution in [0.5, 0.6) is 0 Å². The molecule has 2 heteroatoms. The zero-order valence-electron chi connectivity index (χ0n) is 7.26. The number of hydrogen-bond acceptors (Lipinski definition) is 2. The van der Waals surface area contributed by atoms with Gasteiger partial charge >= 0.3 is 0 Å². The van der Waals surface area contributed by atoms with Gasteiger partial charge in [0.1, 0.15) is 6.61 Å². The van der Waals surface area contributed by atoms with Crippen LogP contribution in [-0.4, -0.2) is 18.0 Å². The molecule has 0 aromatic carbocycles. The first kappa shape index (κ1) is 7.14. The van der Waals surface area contributed by atoms with Gasteiger partial charge in [0.2, 0.25) is 0 Å². The van der Waals surface area contributed by atoms with Crippen molar-refractivity contribution in [2.24, 2.45) is 10.9 Å². The van der Waals surface area contributed by atoms with Gasteiger partial charge in [0.15, 0.2) is 5.90 Å². The van der Waals surface area contributed by atoms with Gasteiger partial charge in [-0.15, -0.1) is 0 Å². The zero-order chi connectivity index (χ0) is 7.90. The SMILES string of the molecule is CC(C)C1=NC2(CCC2)CO1. The fourth-order valence-electron chi connectivity index (χ4n) is 1.64. The first-order chi connectivity index (χ1) is 5.22. The van der Waals surface area contributed by atoms with Crippen molar-refractivity contribution in [3.8, 4) is 0 Å². The van der Waals surface area contributed by atoms with E-state index in [1.807, 2.05) is 0 Å². The van der Waals surface area contributed by atoms with Gasteiger partial charge in [0, 0.05) is 5.92 Å². The van der Waals surface area contributed by atoms with Crippen LogP contribution >= 0.6 is 0 Å². The van der Waals surface area contributed by atoms with Crippen LogP contribution in [0.1, 0.15) is 33.1 Å². The third-order valence-corrected chi connectivity index (χ3v) is 2.61. The molecule has 0 aromatic heterocycles. The third-order valence-electron chi connectivity index (χ3n) is 2.61. The minimum absolute atomic E-state index is 0.236. The van der Waals surface area contributed by atoms with Crippen LogP contribution in [0, 0.1) is 5.92 Å². The minimum Gasteiger partial charge on any atom is -0.478 e. The molecule has 1 fully saturated rings. The summed E-state index contributed by atoms with van der Waals surface area (Å²) in [5.74, 6) is 1.44. The maximum absolute atomic E-state index is 5.52. The summed E-state index contributed by atoms with van der Waals surface area (Å²) in [7, 11) is 0. The number of ether oxygens (including phenoxy) is 1. The molecule has 2 nitrogen and oxygen atoms in total. The quantitative estimate of drug-likeness (QED) is 0.564. The summed E-state index contributed by atoms with van der Waals surface area (Å²) >= 11 is 0. The van der Waals surface area contributed by atoms with E-state index >= 15 is 0 Å². The Hall–Kier alpha value is -0.530. The Kier molecular flexibility index (Phi) is 1.44. The molecule has 0 atom stereocenters. The Morgan fingerprint density at radius 2 is 2.18 bits per heavy atom. The normalized spacial score (nSPS) is 26.6. The van der Waals surface area contributed by atoms with E-state index in [9.17, 15) is 0 Å². The average molecular weight is 153 g/mol. The van der Waals surface area contributed by atoms with Gasteiger partial charge in [-0.2, -0.15) is 0 Å². The summed E-state index contributed by atoms with van der Waals surface area (Å²) in [6, 6.07) is 0. The first-order valence-corrected chi connectivity index (χ1v) is 4.44. The molecule has 11 heavy (non-hydrogen) atoms. The van der Waals surface area contributed by atoms with E-state index in [0.717, 1.165) is 12.5 Å². The van der Waals surface area contributed by atoms with Gasteiger partial charge in [-0.1, -0.05) is 13.8 Å². The largest absolute Gasteiger partial charge is 0.478 e. The van der Waals surface area contributed by atoms with Crippen LogP contribution in [0.4, 0.5) is 0 Å². The lowest BCUT2D eigenvalue weighted by atomic mass is 9.78. The Morgan fingerprint density at radius 3 is 2.45 bits per heavy atom. The van der Waals surface area contributed by atoms with Crippen LogP contribution in [-0.2, 0) is 4.74 Å². The molecular formula is C9H15NO. The van der Waals surface area contributed by atoms with E-state index in [1.54, 1.807) is 0 Å². The highest BCUT2D eigenvalue weighted by atomic mass is 16.5. The molecule has 2 rings (SSSR count). The third kappa shape index (κ3) is 1.05. The van der Waals surface area contributed by atoms with Crippen LogP contribution in [0.25, 0.3) is 0 Å². The van der Waals surface area contributed by atoms with Gasteiger partial charge in [-0.05, 0) is 19.3 Å². The van der Waals surface area contributed by atoms with Gasteiger partial charge in [-0.3, -0.25) is 0 Å². The predicted octanol–water partition coefficient (Wildman–Crippen LogP) is 1.99. The van der Waals surface area contributed by atoms with Crippen molar-refractivity contribution in [3.63, 3.8) is 0 Å². The predicted molar refractivity (Wildman–Crippen MR) is 44.8 cm³/mol. The van der Waals surface area contributed by atoms with E-state index in [4.69, 9.17) is 4.74 Å². The molecule has 1 spiro atoms. The van der Waals surface area contributed by atoms with E-state index in [1.165, 1.54) is 19.3 Å². The van der Waals surface area contributed by atoms with Crippen molar-refractivity contribution in [2.75, 3.05) is 6.61 Å². The van der Waals surface area contributed by atoms with Crippen LogP contribution in [0.15, 0.2) is 4.99 Å². The average Bonchev–Trinajstić information content (AvgIpc) is 2.28. The highest BCUT2D eigenvalue weighted by molar-refractivity contribution is 5.80. The van der Waals surface area contributed by atoms with Gasteiger partial charge in [0.25, 0.3) is 0 Å². The molecule has 1 aliphatic carbocycles. The van der Waals surface area contributed by atoms with Crippen molar-refractivity contribution in [3.05, 3.63) is 0 Å². The molecule has 0 N–H and O–H groups in total. The van der Waals surface area contributed by atoms with Crippen LogP contribution in [0.3, 0.4) is 0 Å².